The standard InChI is InChI=1S/C20H24ClN3OS/c1-4-24(5-2)12-13-25-17-10-11-18-19(14-17)26-20(22-18)23(3)16-8-6-15(21)7-9-16/h6-11,14H,4-5,12-13H2,1-3H3. The zero-order valence-corrected chi connectivity index (χ0v) is 17.0. The first-order valence-corrected chi connectivity index (χ1v) is 10.0. The molecule has 1 aromatic heterocycles. The number of halogens is 1. The molecular weight excluding hydrogens is 366 g/mol. The van der Waals surface area contributed by atoms with E-state index in [-0.39, 0.29) is 0 Å². The summed E-state index contributed by atoms with van der Waals surface area (Å²) in [7, 11) is 2.02. The molecule has 0 aliphatic heterocycles. The first-order valence-electron chi connectivity index (χ1n) is 8.85. The number of rotatable bonds is 8. The van der Waals surface area contributed by atoms with E-state index in [2.05, 4.69) is 29.7 Å². The zero-order chi connectivity index (χ0) is 18.5. The number of anilines is 2. The normalized spacial score (nSPS) is 11.3. The van der Waals surface area contributed by atoms with E-state index in [1.54, 1.807) is 11.3 Å². The summed E-state index contributed by atoms with van der Waals surface area (Å²) in [5.41, 5.74) is 2.05. The molecule has 0 atom stereocenters. The minimum atomic E-state index is 0.698. The third-order valence-electron chi connectivity index (χ3n) is 4.42. The van der Waals surface area contributed by atoms with Crippen LogP contribution in [0.1, 0.15) is 13.8 Å². The van der Waals surface area contributed by atoms with Gasteiger partial charge < -0.3 is 14.5 Å². The number of aromatic nitrogens is 1. The minimum absolute atomic E-state index is 0.698. The summed E-state index contributed by atoms with van der Waals surface area (Å²) < 4.78 is 7.05. The molecule has 0 fully saturated rings. The van der Waals surface area contributed by atoms with Crippen LogP contribution in [-0.2, 0) is 0 Å². The van der Waals surface area contributed by atoms with Gasteiger partial charge in [0.25, 0.3) is 0 Å². The van der Waals surface area contributed by atoms with E-state index in [1.807, 2.05) is 43.4 Å². The summed E-state index contributed by atoms with van der Waals surface area (Å²) in [6.45, 7) is 8.08. The van der Waals surface area contributed by atoms with Crippen LogP contribution in [0.5, 0.6) is 5.75 Å². The molecule has 0 unspecified atom stereocenters. The van der Waals surface area contributed by atoms with Crippen molar-refractivity contribution in [3.63, 3.8) is 0 Å². The van der Waals surface area contributed by atoms with Crippen LogP contribution in [0.2, 0.25) is 5.02 Å². The van der Waals surface area contributed by atoms with Crippen molar-refractivity contribution in [2.75, 3.05) is 38.2 Å². The largest absolute Gasteiger partial charge is 0.492 e. The predicted octanol–water partition coefficient (Wildman–Crippen LogP) is 5.44. The van der Waals surface area contributed by atoms with Crippen molar-refractivity contribution in [1.29, 1.82) is 0 Å². The third kappa shape index (κ3) is 4.47. The molecule has 1 heterocycles. The average Bonchev–Trinajstić information content (AvgIpc) is 3.08. The summed E-state index contributed by atoms with van der Waals surface area (Å²) in [5, 5.41) is 1.68. The fourth-order valence-electron chi connectivity index (χ4n) is 2.73. The molecule has 3 rings (SSSR count). The van der Waals surface area contributed by atoms with Gasteiger partial charge in [0.15, 0.2) is 5.13 Å². The molecule has 4 nitrogen and oxygen atoms in total. The molecule has 0 amide bonds. The molecule has 0 saturated carbocycles. The zero-order valence-electron chi connectivity index (χ0n) is 15.4. The summed E-state index contributed by atoms with van der Waals surface area (Å²) in [5.74, 6) is 0.897. The van der Waals surface area contributed by atoms with E-state index in [0.717, 1.165) is 51.4 Å². The van der Waals surface area contributed by atoms with Crippen molar-refractivity contribution in [1.82, 2.24) is 9.88 Å². The number of likely N-dealkylation sites (N-methyl/N-ethyl adjacent to an activating group) is 1. The SMILES string of the molecule is CCN(CC)CCOc1ccc2nc(N(C)c3ccc(Cl)cc3)sc2c1. The third-order valence-corrected chi connectivity index (χ3v) is 5.77. The van der Waals surface area contributed by atoms with Gasteiger partial charge in [0, 0.05) is 24.3 Å². The van der Waals surface area contributed by atoms with Gasteiger partial charge in [-0.15, -0.1) is 0 Å². The van der Waals surface area contributed by atoms with Crippen molar-refractivity contribution >= 4 is 44.0 Å². The summed E-state index contributed by atoms with van der Waals surface area (Å²) in [6.07, 6.45) is 0. The van der Waals surface area contributed by atoms with Gasteiger partial charge in [-0.05, 0) is 55.6 Å². The number of thiazole rings is 1. The highest BCUT2D eigenvalue weighted by molar-refractivity contribution is 7.22. The van der Waals surface area contributed by atoms with Crippen LogP contribution in [0.3, 0.4) is 0 Å². The number of nitrogens with zero attached hydrogens (tertiary/aromatic N) is 3. The maximum atomic E-state index is 5.98. The van der Waals surface area contributed by atoms with Gasteiger partial charge in [-0.3, -0.25) is 0 Å². The minimum Gasteiger partial charge on any atom is -0.492 e. The van der Waals surface area contributed by atoms with E-state index >= 15 is 0 Å². The smallest absolute Gasteiger partial charge is 0.190 e. The molecule has 0 spiro atoms. The molecule has 0 radical (unpaired) electrons. The van der Waals surface area contributed by atoms with E-state index in [0.29, 0.717) is 6.61 Å². The van der Waals surface area contributed by atoms with Crippen LogP contribution in [0.25, 0.3) is 10.2 Å². The van der Waals surface area contributed by atoms with Gasteiger partial charge in [-0.25, -0.2) is 4.98 Å². The van der Waals surface area contributed by atoms with E-state index in [1.165, 1.54) is 0 Å². The Morgan fingerprint density at radius 3 is 2.50 bits per heavy atom. The van der Waals surface area contributed by atoms with Crippen molar-refractivity contribution < 1.29 is 4.74 Å². The van der Waals surface area contributed by atoms with Crippen molar-refractivity contribution in [3.8, 4) is 5.75 Å². The second-order valence-corrected chi connectivity index (χ2v) is 7.48. The number of fused-ring (bicyclic) bond motifs is 1. The van der Waals surface area contributed by atoms with E-state index in [4.69, 9.17) is 21.3 Å². The number of hydrogen-bond acceptors (Lipinski definition) is 5. The lowest BCUT2D eigenvalue weighted by atomic mass is 10.3. The van der Waals surface area contributed by atoms with Crippen LogP contribution >= 0.6 is 22.9 Å². The summed E-state index contributed by atoms with van der Waals surface area (Å²) in [4.78, 5) is 9.16. The lowest BCUT2D eigenvalue weighted by Crippen LogP contribution is -2.27. The van der Waals surface area contributed by atoms with E-state index < -0.39 is 0 Å². The van der Waals surface area contributed by atoms with Gasteiger partial charge in [-0.2, -0.15) is 0 Å². The Bertz CT molecular complexity index is 846. The summed E-state index contributed by atoms with van der Waals surface area (Å²) in [6, 6.07) is 13.9. The molecule has 0 aliphatic rings. The molecule has 0 N–H and O–H groups in total. The number of benzene rings is 2. The Kier molecular flexibility index (Phi) is 6.35. The molecule has 26 heavy (non-hydrogen) atoms. The monoisotopic (exact) mass is 389 g/mol. The highest BCUT2D eigenvalue weighted by Gasteiger charge is 2.11. The van der Waals surface area contributed by atoms with E-state index in [9.17, 15) is 0 Å². The lowest BCUT2D eigenvalue weighted by Gasteiger charge is -2.17. The van der Waals surface area contributed by atoms with Crippen LogP contribution in [0.15, 0.2) is 42.5 Å². The first-order chi connectivity index (χ1) is 12.6. The second-order valence-electron chi connectivity index (χ2n) is 6.04. The Balaban J connectivity index is 1.71. The van der Waals surface area contributed by atoms with Gasteiger partial charge in [0.2, 0.25) is 0 Å². The molecular formula is C20H24ClN3OS. The van der Waals surface area contributed by atoms with Gasteiger partial charge in [0.1, 0.15) is 12.4 Å². The summed E-state index contributed by atoms with van der Waals surface area (Å²) >= 11 is 7.63. The van der Waals surface area contributed by atoms with Crippen molar-refractivity contribution in [3.05, 3.63) is 47.5 Å². The molecule has 6 heteroatoms. The van der Waals surface area contributed by atoms with Crippen molar-refractivity contribution in [2.24, 2.45) is 0 Å². The maximum absolute atomic E-state index is 5.98. The topological polar surface area (TPSA) is 28.6 Å². The highest BCUT2D eigenvalue weighted by Crippen LogP contribution is 2.34. The fraction of sp³-hybridized carbons (Fsp3) is 0.350. The molecule has 0 aliphatic carbocycles. The number of ether oxygens (including phenoxy) is 1. The molecule has 3 aromatic rings. The molecule has 138 valence electrons. The average molecular weight is 390 g/mol. The quantitative estimate of drug-likeness (QED) is 0.513. The molecule has 2 aromatic carbocycles. The van der Waals surface area contributed by atoms with Gasteiger partial charge >= 0.3 is 0 Å². The van der Waals surface area contributed by atoms with Crippen LogP contribution in [0, 0.1) is 0 Å². The van der Waals surface area contributed by atoms with Gasteiger partial charge in [-0.1, -0.05) is 36.8 Å². The Morgan fingerprint density at radius 1 is 1.08 bits per heavy atom. The lowest BCUT2D eigenvalue weighted by molar-refractivity contribution is 0.223. The molecule has 0 saturated heterocycles. The Hall–Kier alpha value is -1.82. The predicted molar refractivity (Wildman–Crippen MR) is 112 cm³/mol. The second kappa shape index (κ2) is 8.71. The number of hydrogen-bond donors (Lipinski definition) is 0. The van der Waals surface area contributed by atoms with Crippen molar-refractivity contribution in [2.45, 2.75) is 13.8 Å². The first kappa shape index (κ1) is 19.0. The highest BCUT2D eigenvalue weighted by atomic mass is 35.5. The van der Waals surface area contributed by atoms with Crippen LogP contribution in [0.4, 0.5) is 10.8 Å². The molecule has 0 bridgehead atoms. The van der Waals surface area contributed by atoms with Gasteiger partial charge in [0.05, 0.1) is 10.2 Å². The maximum Gasteiger partial charge on any atom is 0.190 e. The Labute approximate surface area is 164 Å². The van der Waals surface area contributed by atoms with Crippen LogP contribution < -0.4 is 9.64 Å². The Morgan fingerprint density at radius 2 is 1.81 bits per heavy atom. The fourth-order valence-corrected chi connectivity index (χ4v) is 3.84. The van der Waals surface area contributed by atoms with Crippen LogP contribution in [-0.4, -0.2) is 43.2 Å².